The lowest BCUT2D eigenvalue weighted by Gasteiger charge is -2.56. The minimum atomic E-state index is -0.234. The number of hydrogen-bond acceptors (Lipinski definition) is 3. The number of likely N-dealkylation sites (N-methyl/N-ethyl adjacent to an activating group) is 1. The zero-order chi connectivity index (χ0) is 19.0. The zero-order valence-corrected chi connectivity index (χ0v) is 17.2. The number of carbonyl (C=O) groups excluding carboxylic acids is 2. The Kier molecular flexibility index (Phi) is 5.50. The first-order valence-corrected chi connectivity index (χ1v) is 11.4. The molecule has 5 nitrogen and oxygen atoms in total. The van der Waals surface area contributed by atoms with Crippen LogP contribution in [0.4, 0.5) is 0 Å². The van der Waals surface area contributed by atoms with Crippen LogP contribution in [-0.2, 0) is 9.59 Å². The molecule has 4 bridgehead atoms. The molecule has 152 valence electrons. The van der Waals surface area contributed by atoms with Crippen molar-refractivity contribution in [2.24, 2.45) is 23.2 Å². The van der Waals surface area contributed by atoms with Gasteiger partial charge in [0, 0.05) is 19.6 Å². The number of nitrogens with zero attached hydrogens (tertiary/aromatic N) is 2. The van der Waals surface area contributed by atoms with Crippen molar-refractivity contribution in [2.45, 2.75) is 71.3 Å². The molecule has 2 amide bonds. The summed E-state index contributed by atoms with van der Waals surface area (Å²) in [5.74, 6) is 2.69. The summed E-state index contributed by atoms with van der Waals surface area (Å²) in [5, 5.41) is 3.11. The lowest BCUT2D eigenvalue weighted by atomic mass is 9.49. The molecule has 0 aromatic carbocycles. The van der Waals surface area contributed by atoms with E-state index in [2.05, 4.69) is 24.1 Å². The Labute approximate surface area is 164 Å². The van der Waals surface area contributed by atoms with Gasteiger partial charge in [-0.15, -0.1) is 0 Å². The summed E-state index contributed by atoms with van der Waals surface area (Å²) >= 11 is 0. The fourth-order valence-electron chi connectivity index (χ4n) is 6.95. The molecule has 0 aromatic heterocycles. The molecule has 5 heteroatoms. The zero-order valence-electron chi connectivity index (χ0n) is 17.2. The van der Waals surface area contributed by atoms with E-state index in [-0.39, 0.29) is 17.4 Å². The molecular formula is C22H37N3O2. The van der Waals surface area contributed by atoms with Crippen LogP contribution < -0.4 is 5.32 Å². The second-order valence-corrected chi connectivity index (χ2v) is 9.67. The maximum Gasteiger partial charge on any atom is 0.242 e. The van der Waals surface area contributed by atoms with Crippen LogP contribution in [0.3, 0.4) is 0 Å². The molecule has 1 unspecified atom stereocenters. The normalized spacial score (nSPS) is 37.2. The van der Waals surface area contributed by atoms with Crippen molar-refractivity contribution in [3.63, 3.8) is 0 Å². The van der Waals surface area contributed by atoms with Crippen molar-refractivity contribution in [1.29, 1.82) is 0 Å². The van der Waals surface area contributed by atoms with E-state index in [9.17, 15) is 9.59 Å². The van der Waals surface area contributed by atoms with Crippen LogP contribution in [0.5, 0.6) is 0 Å². The van der Waals surface area contributed by atoms with Crippen LogP contribution in [0, 0.1) is 23.2 Å². The number of rotatable bonds is 7. The Morgan fingerprint density at radius 2 is 1.63 bits per heavy atom. The third-order valence-corrected chi connectivity index (χ3v) is 7.93. The quantitative estimate of drug-likeness (QED) is 0.744. The summed E-state index contributed by atoms with van der Waals surface area (Å²) in [4.78, 5) is 30.7. The number of nitrogens with one attached hydrogen (secondary N) is 1. The van der Waals surface area contributed by atoms with Crippen LogP contribution in [0.25, 0.3) is 0 Å². The average Bonchev–Trinajstić information content (AvgIpc) is 3.13. The Bertz CT molecular complexity index is 537. The van der Waals surface area contributed by atoms with Crippen molar-refractivity contribution in [3.8, 4) is 0 Å². The molecule has 5 rings (SSSR count). The van der Waals surface area contributed by atoms with Crippen LogP contribution in [0.2, 0.25) is 0 Å². The van der Waals surface area contributed by atoms with Crippen molar-refractivity contribution in [2.75, 3.05) is 32.7 Å². The summed E-state index contributed by atoms with van der Waals surface area (Å²) in [6.45, 7) is 8.64. The molecule has 1 saturated heterocycles. The molecule has 1 aliphatic heterocycles. The molecule has 1 atom stereocenters. The van der Waals surface area contributed by atoms with E-state index in [0.29, 0.717) is 12.5 Å². The van der Waals surface area contributed by atoms with Gasteiger partial charge in [-0.25, -0.2) is 0 Å². The van der Waals surface area contributed by atoms with Gasteiger partial charge in [-0.05, 0) is 82.2 Å². The van der Waals surface area contributed by atoms with Crippen LogP contribution >= 0.6 is 0 Å². The van der Waals surface area contributed by atoms with Crippen LogP contribution in [0.1, 0.15) is 65.2 Å². The van der Waals surface area contributed by atoms with E-state index < -0.39 is 0 Å². The summed E-state index contributed by atoms with van der Waals surface area (Å²) in [5.41, 5.74) is -0.126. The highest BCUT2D eigenvalue weighted by molar-refractivity contribution is 5.91. The lowest BCUT2D eigenvalue weighted by molar-refractivity contribution is -0.160. The molecule has 0 aromatic rings. The van der Waals surface area contributed by atoms with Gasteiger partial charge in [-0.1, -0.05) is 13.8 Å². The average molecular weight is 376 g/mol. The van der Waals surface area contributed by atoms with Gasteiger partial charge in [0.05, 0.1) is 5.41 Å². The van der Waals surface area contributed by atoms with Gasteiger partial charge in [-0.3, -0.25) is 9.59 Å². The molecule has 5 fully saturated rings. The first kappa shape index (κ1) is 19.2. The van der Waals surface area contributed by atoms with Gasteiger partial charge in [0.2, 0.25) is 11.8 Å². The minimum Gasteiger partial charge on any atom is -0.353 e. The monoisotopic (exact) mass is 375 g/mol. The molecule has 27 heavy (non-hydrogen) atoms. The lowest BCUT2D eigenvalue weighted by Crippen LogP contribution is -2.57. The van der Waals surface area contributed by atoms with E-state index in [4.69, 9.17) is 0 Å². The Hall–Kier alpha value is -1.10. The van der Waals surface area contributed by atoms with Crippen LogP contribution in [0.15, 0.2) is 0 Å². The number of likely N-dealkylation sites (tertiary alicyclic amines) is 1. The molecular weight excluding hydrogens is 338 g/mol. The highest BCUT2D eigenvalue weighted by Crippen LogP contribution is 2.60. The van der Waals surface area contributed by atoms with E-state index in [0.717, 1.165) is 76.0 Å². The predicted octanol–water partition coefficient (Wildman–Crippen LogP) is 2.65. The van der Waals surface area contributed by atoms with Gasteiger partial charge < -0.3 is 15.1 Å². The second kappa shape index (κ2) is 7.73. The number of carbonyl (C=O) groups is 2. The van der Waals surface area contributed by atoms with Gasteiger partial charge >= 0.3 is 0 Å². The van der Waals surface area contributed by atoms with Crippen molar-refractivity contribution in [1.82, 2.24) is 15.1 Å². The van der Waals surface area contributed by atoms with Gasteiger partial charge in [0.15, 0.2) is 0 Å². The largest absolute Gasteiger partial charge is 0.353 e. The second-order valence-electron chi connectivity index (χ2n) is 9.67. The highest BCUT2D eigenvalue weighted by atomic mass is 16.2. The standard InChI is InChI=1S/C22H37N3O2/c1-3-24(4-2)9-7-23-20(26)19-6-5-8-25(19)21(27)22-13-16-10-17(14-22)12-18(11-16)15-22/h16-19H,3-15H2,1-2H3,(H,23,26). The summed E-state index contributed by atoms with van der Waals surface area (Å²) in [6, 6.07) is -0.234. The maximum absolute atomic E-state index is 13.6. The third-order valence-electron chi connectivity index (χ3n) is 7.93. The molecule has 1 N–H and O–H groups in total. The van der Waals surface area contributed by atoms with Gasteiger partial charge in [0.1, 0.15) is 6.04 Å². The molecule has 0 radical (unpaired) electrons. The molecule has 4 saturated carbocycles. The topological polar surface area (TPSA) is 52.7 Å². The first-order chi connectivity index (χ1) is 13.0. The van der Waals surface area contributed by atoms with Crippen molar-refractivity contribution in [3.05, 3.63) is 0 Å². The van der Waals surface area contributed by atoms with E-state index in [1.54, 1.807) is 0 Å². The van der Waals surface area contributed by atoms with Gasteiger partial charge in [-0.2, -0.15) is 0 Å². The van der Waals surface area contributed by atoms with Gasteiger partial charge in [0.25, 0.3) is 0 Å². The minimum absolute atomic E-state index is 0.0673. The smallest absolute Gasteiger partial charge is 0.242 e. The van der Waals surface area contributed by atoms with Crippen molar-refractivity contribution < 1.29 is 9.59 Å². The summed E-state index contributed by atoms with van der Waals surface area (Å²) in [7, 11) is 0. The fourth-order valence-corrected chi connectivity index (χ4v) is 6.95. The maximum atomic E-state index is 13.6. The van der Waals surface area contributed by atoms with E-state index >= 15 is 0 Å². The predicted molar refractivity (Wildman–Crippen MR) is 106 cm³/mol. The first-order valence-electron chi connectivity index (χ1n) is 11.4. The molecule has 5 aliphatic rings. The fraction of sp³-hybridized carbons (Fsp3) is 0.909. The van der Waals surface area contributed by atoms with Crippen molar-refractivity contribution >= 4 is 11.8 Å². The Morgan fingerprint density at radius 1 is 1.04 bits per heavy atom. The highest BCUT2D eigenvalue weighted by Gasteiger charge is 2.56. The van der Waals surface area contributed by atoms with E-state index in [1.807, 2.05) is 4.90 Å². The Morgan fingerprint density at radius 3 is 2.19 bits per heavy atom. The summed E-state index contributed by atoms with van der Waals surface area (Å²) in [6.07, 6.45) is 9.10. The SMILES string of the molecule is CCN(CC)CCNC(=O)C1CCCN1C(=O)C12CC3CC(CC(C3)C1)C2. The molecule has 4 aliphatic carbocycles. The number of hydrogen-bond donors (Lipinski definition) is 1. The summed E-state index contributed by atoms with van der Waals surface area (Å²) < 4.78 is 0. The number of amides is 2. The molecule has 1 heterocycles. The van der Waals surface area contributed by atoms with E-state index in [1.165, 1.54) is 19.3 Å². The molecule has 0 spiro atoms. The van der Waals surface area contributed by atoms with Crippen LogP contribution in [-0.4, -0.2) is 60.4 Å². The Balaban J connectivity index is 1.38. The third kappa shape index (κ3) is 3.64.